The summed E-state index contributed by atoms with van der Waals surface area (Å²) in [6, 6.07) is 11.4. The predicted molar refractivity (Wildman–Crippen MR) is 166 cm³/mol. The fraction of sp³-hybridized carbons (Fsp3) is 0.613. The van der Waals surface area contributed by atoms with Gasteiger partial charge in [0.05, 0.1) is 24.3 Å². The highest BCUT2D eigenvalue weighted by atomic mass is 28.4. The fourth-order valence-electron chi connectivity index (χ4n) is 4.28. The van der Waals surface area contributed by atoms with Crippen LogP contribution < -0.4 is 10.9 Å². The average Bonchev–Trinajstić information content (AvgIpc) is 2.81. The maximum absolute atomic E-state index is 13.7. The molecule has 1 aliphatic heterocycles. The Bertz CT molecular complexity index is 1210. The van der Waals surface area contributed by atoms with E-state index < -0.39 is 16.6 Å². The molecule has 2 aromatic rings. The standard InChI is InChI=1S/C31H50N2O4Si2/c1-30(2,3)38(7,8)36-22-27(37-39(9,10)31(4,5)6)26-20-24-14-11-13-23(19-24)15-12-18-33-21-25(29(35)32-26)16-17-28(33)34/h11,13-14,16-17,19,21,26-27H,12,15,18,20,22H2,1-10H3,(H,32,35)/t26-,27+/m0/s1. The van der Waals surface area contributed by atoms with Gasteiger partial charge >= 0.3 is 0 Å². The van der Waals surface area contributed by atoms with Gasteiger partial charge in [-0.1, -0.05) is 65.8 Å². The molecule has 0 unspecified atom stereocenters. The third kappa shape index (κ3) is 8.02. The molecule has 4 bridgehead atoms. The van der Waals surface area contributed by atoms with Gasteiger partial charge < -0.3 is 18.7 Å². The van der Waals surface area contributed by atoms with Crippen LogP contribution in [-0.4, -0.2) is 45.9 Å². The molecule has 1 N–H and O–H groups in total. The topological polar surface area (TPSA) is 69.6 Å². The Hall–Kier alpha value is -2.01. The summed E-state index contributed by atoms with van der Waals surface area (Å²) < 4.78 is 15.5. The molecule has 0 radical (unpaired) electrons. The Morgan fingerprint density at radius 3 is 2.23 bits per heavy atom. The molecule has 1 aliphatic rings. The minimum Gasteiger partial charge on any atom is -0.414 e. The number of hydrogen-bond acceptors (Lipinski definition) is 4. The molecule has 1 aromatic carbocycles. The van der Waals surface area contributed by atoms with E-state index >= 15 is 0 Å². The number of nitrogens with one attached hydrogen (secondary N) is 1. The summed E-state index contributed by atoms with van der Waals surface area (Å²) in [7, 11) is -4.27. The highest BCUT2D eigenvalue weighted by Gasteiger charge is 2.43. The van der Waals surface area contributed by atoms with Crippen LogP contribution in [0.15, 0.2) is 47.4 Å². The minimum atomic E-state index is -2.21. The Kier molecular flexibility index (Phi) is 9.58. The zero-order valence-electron chi connectivity index (χ0n) is 25.8. The third-order valence-corrected chi connectivity index (χ3v) is 18.0. The number of nitrogens with zero attached hydrogens (tertiary/aromatic N) is 1. The van der Waals surface area contributed by atoms with Crippen molar-refractivity contribution in [3.8, 4) is 0 Å². The summed E-state index contributed by atoms with van der Waals surface area (Å²) in [6.45, 7) is 23.4. The summed E-state index contributed by atoms with van der Waals surface area (Å²) in [5, 5.41) is 3.38. The van der Waals surface area contributed by atoms with Gasteiger partial charge in [-0.3, -0.25) is 9.59 Å². The SMILES string of the molecule is CC(C)(C)[Si](C)(C)OC[C@@H](O[Si](C)(C)C(C)(C)C)[C@@H]1Cc2cccc(c2)CCCn2cc(ccc2=O)C(=O)N1. The number of rotatable bonds is 6. The van der Waals surface area contributed by atoms with Gasteiger partial charge in [0.25, 0.3) is 11.5 Å². The van der Waals surface area contributed by atoms with Crippen LogP contribution in [0.25, 0.3) is 0 Å². The van der Waals surface area contributed by atoms with Crippen LogP contribution in [0.2, 0.25) is 36.3 Å². The number of fused-ring (bicyclic) bond motifs is 4. The molecule has 0 saturated heterocycles. The van der Waals surface area contributed by atoms with Crippen LogP contribution in [0.3, 0.4) is 0 Å². The average molecular weight is 571 g/mol. The second kappa shape index (κ2) is 11.8. The molecule has 0 saturated carbocycles. The van der Waals surface area contributed by atoms with Gasteiger partial charge in [-0.2, -0.15) is 0 Å². The van der Waals surface area contributed by atoms with E-state index in [1.807, 2.05) is 0 Å². The number of carbonyl (C=O) groups excluding carboxylic acids is 1. The minimum absolute atomic E-state index is 0.00491. The molecule has 3 rings (SSSR count). The Morgan fingerprint density at radius 2 is 1.59 bits per heavy atom. The van der Waals surface area contributed by atoms with Crippen molar-refractivity contribution in [2.24, 2.45) is 0 Å². The van der Waals surface area contributed by atoms with Crippen LogP contribution in [0.5, 0.6) is 0 Å². The van der Waals surface area contributed by atoms with Crippen LogP contribution in [0.4, 0.5) is 0 Å². The van der Waals surface area contributed by atoms with E-state index in [1.165, 1.54) is 11.6 Å². The quantitative estimate of drug-likeness (QED) is 0.400. The maximum Gasteiger partial charge on any atom is 0.253 e. The van der Waals surface area contributed by atoms with Crippen molar-refractivity contribution in [1.82, 2.24) is 9.88 Å². The van der Waals surface area contributed by atoms with E-state index in [4.69, 9.17) is 8.85 Å². The smallest absolute Gasteiger partial charge is 0.253 e. The normalized spacial score (nSPS) is 18.4. The Morgan fingerprint density at radius 1 is 0.949 bits per heavy atom. The largest absolute Gasteiger partial charge is 0.414 e. The molecular formula is C31H50N2O4Si2. The van der Waals surface area contributed by atoms with Gasteiger partial charge in [0.15, 0.2) is 16.6 Å². The molecular weight excluding hydrogens is 521 g/mol. The van der Waals surface area contributed by atoms with Crippen molar-refractivity contribution >= 4 is 22.5 Å². The summed E-state index contributed by atoms with van der Waals surface area (Å²) >= 11 is 0. The molecule has 39 heavy (non-hydrogen) atoms. The number of pyridine rings is 1. The van der Waals surface area contributed by atoms with E-state index in [0.29, 0.717) is 25.1 Å². The molecule has 2 atom stereocenters. The lowest BCUT2D eigenvalue weighted by atomic mass is 9.98. The molecule has 6 nitrogen and oxygen atoms in total. The molecule has 1 aromatic heterocycles. The number of benzene rings is 1. The van der Waals surface area contributed by atoms with Gasteiger partial charge in [-0.15, -0.1) is 0 Å². The monoisotopic (exact) mass is 570 g/mol. The van der Waals surface area contributed by atoms with Gasteiger partial charge in [-0.25, -0.2) is 0 Å². The van der Waals surface area contributed by atoms with E-state index in [1.54, 1.807) is 16.8 Å². The second-order valence-electron chi connectivity index (χ2n) is 14.1. The van der Waals surface area contributed by atoms with Crippen LogP contribution in [0, 0.1) is 0 Å². The van der Waals surface area contributed by atoms with Crippen molar-refractivity contribution in [3.63, 3.8) is 0 Å². The number of amides is 1. The van der Waals surface area contributed by atoms with Crippen molar-refractivity contribution in [2.45, 2.75) is 116 Å². The number of aromatic nitrogens is 1. The highest BCUT2D eigenvalue weighted by molar-refractivity contribution is 6.74. The first-order valence-corrected chi connectivity index (χ1v) is 20.1. The van der Waals surface area contributed by atoms with Crippen molar-refractivity contribution < 1.29 is 13.6 Å². The van der Waals surface area contributed by atoms with Crippen LogP contribution in [0.1, 0.15) is 69.4 Å². The summed E-state index contributed by atoms with van der Waals surface area (Å²) in [5.41, 5.74) is 2.80. The molecule has 0 fully saturated rings. The lowest BCUT2D eigenvalue weighted by Crippen LogP contribution is -2.55. The lowest BCUT2D eigenvalue weighted by molar-refractivity contribution is 0.0657. The molecule has 8 heteroatoms. The summed E-state index contributed by atoms with van der Waals surface area (Å²) in [6.07, 6.45) is 3.71. The third-order valence-electron chi connectivity index (χ3n) is 8.99. The predicted octanol–water partition coefficient (Wildman–Crippen LogP) is 6.55. The van der Waals surface area contributed by atoms with E-state index in [9.17, 15) is 9.59 Å². The van der Waals surface area contributed by atoms with E-state index in [2.05, 4.69) is 97.3 Å². The highest BCUT2D eigenvalue weighted by Crippen LogP contribution is 2.39. The fourth-order valence-corrected chi connectivity index (χ4v) is 6.64. The van der Waals surface area contributed by atoms with Crippen molar-refractivity contribution in [3.05, 3.63) is 69.6 Å². The first-order chi connectivity index (χ1) is 17.9. The summed E-state index contributed by atoms with van der Waals surface area (Å²) in [4.78, 5) is 26.1. The maximum atomic E-state index is 13.7. The van der Waals surface area contributed by atoms with Gasteiger partial charge in [0, 0.05) is 18.8 Å². The molecule has 1 amide bonds. The molecule has 2 heterocycles. The molecule has 0 spiro atoms. The van der Waals surface area contributed by atoms with Crippen molar-refractivity contribution in [2.75, 3.05) is 6.61 Å². The molecule has 0 aliphatic carbocycles. The Labute approximate surface area is 237 Å². The molecule has 216 valence electrons. The van der Waals surface area contributed by atoms with Gasteiger partial charge in [-0.05, 0) is 72.7 Å². The zero-order chi connectivity index (χ0) is 29.2. The second-order valence-corrected chi connectivity index (χ2v) is 23.7. The summed E-state index contributed by atoms with van der Waals surface area (Å²) in [5.74, 6) is -0.194. The lowest BCUT2D eigenvalue weighted by Gasteiger charge is -2.43. The van der Waals surface area contributed by atoms with Crippen molar-refractivity contribution in [1.29, 1.82) is 0 Å². The number of aryl methyl sites for hydroxylation is 2. The Balaban J connectivity index is 2.06. The van der Waals surface area contributed by atoms with Gasteiger partial charge in [0.1, 0.15) is 0 Å². The first-order valence-electron chi connectivity index (χ1n) is 14.3. The number of hydrogen-bond donors (Lipinski definition) is 1. The van der Waals surface area contributed by atoms with Gasteiger partial charge in [0.2, 0.25) is 0 Å². The zero-order valence-corrected chi connectivity index (χ0v) is 27.8. The van der Waals surface area contributed by atoms with E-state index in [-0.39, 0.29) is 33.7 Å². The number of carbonyl (C=O) groups is 1. The van der Waals surface area contributed by atoms with Crippen LogP contribution in [-0.2, 0) is 28.2 Å². The van der Waals surface area contributed by atoms with E-state index in [0.717, 1.165) is 18.4 Å². The van der Waals surface area contributed by atoms with Crippen LogP contribution >= 0.6 is 0 Å². The first kappa shape index (κ1) is 31.5.